The molecule has 2 heterocycles. The molecule has 134 valence electrons. The molecule has 1 aliphatic heterocycles. The van der Waals surface area contributed by atoms with Crippen LogP contribution < -0.4 is 9.64 Å². The maximum absolute atomic E-state index is 5.99. The van der Waals surface area contributed by atoms with Crippen LogP contribution in [0, 0.1) is 0 Å². The van der Waals surface area contributed by atoms with Crippen LogP contribution in [0.15, 0.2) is 36.7 Å². The van der Waals surface area contributed by atoms with Gasteiger partial charge in [0.2, 0.25) is 5.88 Å². The first-order valence-corrected chi connectivity index (χ1v) is 8.85. The standard InChI is InChI=1S/C18H24ClN5O/c1-22(2)6-7-23-8-10-24(11-9-23)17-13-18(21-14-20-17)25-16-5-3-4-15(19)12-16/h3-5,12-14H,6-11H2,1-2H3. The van der Waals surface area contributed by atoms with Crippen LogP contribution in [0.4, 0.5) is 5.82 Å². The van der Waals surface area contributed by atoms with E-state index in [1.807, 2.05) is 24.3 Å². The molecule has 0 aliphatic carbocycles. The lowest BCUT2D eigenvalue weighted by atomic mass is 10.3. The Morgan fingerprint density at radius 3 is 2.64 bits per heavy atom. The van der Waals surface area contributed by atoms with Crippen molar-refractivity contribution >= 4 is 17.4 Å². The van der Waals surface area contributed by atoms with Gasteiger partial charge in [0.25, 0.3) is 0 Å². The maximum Gasteiger partial charge on any atom is 0.224 e. The lowest BCUT2D eigenvalue weighted by Crippen LogP contribution is -2.48. The van der Waals surface area contributed by atoms with Gasteiger partial charge >= 0.3 is 0 Å². The molecule has 1 saturated heterocycles. The second-order valence-corrected chi connectivity index (χ2v) is 6.84. The zero-order chi connectivity index (χ0) is 17.6. The summed E-state index contributed by atoms with van der Waals surface area (Å²) in [6.07, 6.45) is 1.55. The highest BCUT2D eigenvalue weighted by Gasteiger charge is 2.18. The Balaban J connectivity index is 1.59. The van der Waals surface area contributed by atoms with Crippen LogP contribution in [0.1, 0.15) is 0 Å². The zero-order valence-corrected chi connectivity index (χ0v) is 15.5. The van der Waals surface area contributed by atoms with Gasteiger partial charge in [0.15, 0.2) is 0 Å². The van der Waals surface area contributed by atoms with Crippen LogP contribution in [0.2, 0.25) is 5.02 Å². The molecule has 0 saturated carbocycles. The third-order valence-electron chi connectivity index (χ3n) is 4.21. The van der Waals surface area contributed by atoms with Crippen LogP contribution in [0.3, 0.4) is 0 Å². The van der Waals surface area contributed by atoms with E-state index in [0.717, 1.165) is 45.1 Å². The van der Waals surface area contributed by atoms with Crippen molar-refractivity contribution in [2.45, 2.75) is 0 Å². The Morgan fingerprint density at radius 1 is 1.12 bits per heavy atom. The summed E-state index contributed by atoms with van der Waals surface area (Å²) in [4.78, 5) is 15.6. The summed E-state index contributed by atoms with van der Waals surface area (Å²) in [5.41, 5.74) is 0. The van der Waals surface area contributed by atoms with Gasteiger partial charge in [0.05, 0.1) is 0 Å². The Labute approximate surface area is 154 Å². The molecule has 0 atom stereocenters. The molecule has 2 aromatic rings. The Morgan fingerprint density at radius 2 is 1.92 bits per heavy atom. The summed E-state index contributed by atoms with van der Waals surface area (Å²) in [6, 6.07) is 9.18. The van der Waals surface area contributed by atoms with Gasteiger partial charge in [-0.25, -0.2) is 9.97 Å². The van der Waals surface area contributed by atoms with Gasteiger partial charge in [-0.15, -0.1) is 0 Å². The third kappa shape index (κ3) is 5.29. The van der Waals surface area contributed by atoms with E-state index >= 15 is 0 Å². The van der Waals surface area contributed by atoms with Crippen molar-refractivity contribution in [3.8, 4) is 11.6 Å². The van der Waals surface area contributed by atoms with Crippen LogP contribution >= 0.6 is 11.6 Å². The first-order chi connectivity index (χ1) is 12.1. The molecule has 0 unspecified atom stereocenters. The molecule has 25 heavy (non-hydrogen) atoms. The highest BCUT2D eigenvalue weighted by Crippen LogP contribution is 2.25. The van der Waals surface area contributed by atoms with E-state index < -0.39 is 0 Å². The van der Waals surface area contributed by atoms with Crippen LogP contribution in [0.25, 0.3) is 0 Å². The fraction of sp³-hybridized carbons (Fsp3) is 0.444. The second-order valence-electron chi connectivity index (χ2n) is 6.41. The molecule has 7 heteroatoms. The number of halogens is 1. The molecule has 1 aromatic carbocycles. The van der Waals surface area contributed by atoms with E-state index in [4.69, 9.17) is 16.3 Å². The van der Waals surface area contributed by atoms with Crippen molar-refractivity contribution < 1.29 is 4.74 Å². The van der Waals surface area contributed by atoms with E-state index in [0.29, 0.717) is 16.7 Å². The van der Waals surface area contributed by atoms with Gasteiger partial charge in [-0.3, -0.25) is 4.90 Å². The normalized spacial score (nSPS) is 15.6. The SMILES string of the molecule is CN(C)CCN1CCN(c2cc(Oc3cccc(Cl)c3)ncn2)CC1. The fourth-order valence-corrected chi connectivity index (χ4v) is 2.93. The lowest BCUT2D eigenvalue weighted by Gasteiger charge is -2.35. The molecule has 0 N–H and O–H groups in total. The van der Waals surface area contributed by atoms with E-state index in [1.165, 1.54) is 0 Å². The molecule has 0 radical (unpaired) electrons. The van der Waals surface area contributed by atoms with Crippen molar-refractivity contribution in [2.24, 2.45) is 0 Å². The smallest absolute Gasteiger partial charge is 0.224 e. The van der Waals surface area contributed by atoms with Gasteiger partial charge in [0.1, 0.15) is 17.9 Å². The van der Waals surface area contributed by atoms with E-state index in [2.05, 4.69) is 38.8 Å². The highest BCUT2D eigenvalue weighted by atomic mass is 35.5. The minimum absolute atomic E-state index is 0.530. The molecule has 0 spiro atoms. The average molecular weight is 362 g/mol. The first-order valence-electron chi connectivity index (χ1n) is 8.47. The molecular formula is C18H24ClN5O. The summed E-state index contributed by atoms with van der Waals surface area (Å²) in [5, 5.41) is 0.639. The summed E-state index contributed by atoms with van der Waals surface area (Å²) in [5.74, 6) is 2.10. The summed E-state index contributed by atoms with van der Waals surface area (Å²) in [7, 11) is 4.22. The molecule has 1 aromatic heterocycles. The Hall–Kier alpha value is -1.89. The van der Waals surface area contributed by atoms with Crippen LogP contribution in [-0.4, -0.2) is 73.1 Å². The van der Waals surface area contributed by atoms with Gasteiger partial charge in [-0.05, 0) is 32.3 Å². The molecule has 0 amide bonds. The quantitative estimate of drug-likeness (QED) is 0.788. The first kappa shape index (κ1) is 17.9. The van der Waals surface area contributed by atoms with Crippen molar-refractivity contribution in [1.29, 1.82) is 0 Å². The van der Waals surface area contributed by atoms with E-state index in [9.17, 15) is 0 Å². The molecule has 0 bridgehead atoms. The summed E-state index contributed by atoms with van der Waals surface area (Å²) >= 11 is 5.99. The number of ether oxygens (including phenoxy) is 1. The van der Waals surface area contributed by atoms with Gasteiger partial charge in [-0.1, -0.05) is 17.7 Å². The number of aromatic nitrogens is 2. The fourth-order valence-electron chi connectivity index (χ4n) is 2.75. The number of anilines is 1. The predicted molar refractivity (Wildman–Crippen MR) is 101 cm³/mol. The minimum Gasteiger partial charge on any atom is -0.439 e. The monoisotopic (exact) mass is 361 g/mol. The number of benzene rings is 1. The second kappa shape index (κ2) is 8.47. The topological polar surface area (TPSA) is 44.7 Å². The van der Waals surface area contributed by atoms with Crippen LogP contribution in [0.5, 0.6) is 11.6 Å². The van der Waals surface area contributed by atoms with Crippen molar-refractivity contribution in [3.05, 3.63) is 41.7 Å². The predicted octanol–water partition coefficient (Wildman–Crippen LogP) is 2.61. The van der Waals surface area contributed by atoms with Crippen molar-refractivity contribution in [2.75, 3.05) is 58.3 Å². The average Bonchev–Trinajstić information content (AvgIpc) is 2.61. The van der Waals surface area contributed by atoms with Crippen molar-refractivity contribution in [1.82, 2.24) is 19.8 Å². The number of piperazine rings is 1. The summed E-state index contributed by atoms with van der Waals surface area (Å²) < 4.78 is 5.80. The molecule has 6 nitrogen and oxygen atoms in total. The number of hydrogen-bond donors (Lipinski definition) is 0. The molecular weight excluding hydrogens is 338 g/mol. The Kier molecular flexibility index (Phi) is 6.07. The van der Waals surface area contributed by atoms with Gasteiger partial charge in [-0.2, -0.15) is 0 Å². The largest absolute Gasteiger partial charge is 0.439 e. The number of nitrogens with zero attached hydrogens (tertiary/aromatic N) is 5. The van der Waals surface area contributed by atoms with E-state index in [1.54, 1.807) is 12.4 Å². The third-order valence-corrected chi connectivity index (χ3v) is 4.44. The number of likely N-dealkylation sites (N-methyl/N-ethyl adjacent to an activating group) is 1. The van der Waals surface area contributed by atoms with Crippen molar-refractivity contribution in [3.63, 3.8) is 0 Å². The van der Waals surface area contributed by atoms with Gasteiger partial charge < -0.3 is 14.5 Å². The van der Waals surface area contributed by atoms with E-state index in [-0.39, 0.29) is 0 Å². The molecule has 3 rings (SSSR count). The zero-order valence-electron chi connectivity index (χ0n) is 14.7. The molecule has 1 aliphatic rings. The highest BCUT2D eigenvalue weighted by molar-refractivity contribution is 6.30. The maximum atomic E-state index is 5.99. The minimum atomic E-state index is 0.530. The Bertz CT molecular complexity index is 689. The number of rotatable bonds is 6. The molecule has 1 fully saturated rings. The number of hydrogen-bond acceptors (Lipinski definition) is 6. The van der Waals surface area contributed by atoms with Gasteiger partial charge in [0, 0.05) is 50.4 Å². The lowest BCUT2D eigenvalue weighted by molar-refractivity contribution is 0.229. The summed E-state index contributed by atoms with van der Waals surface area (Å²) in [6.45, 7) is 6.20. The van der Waals surface area contributed by atoms with Crippen LogP contribution in [-0.2, 0) is 0 Å².